The minimum absolute atomic E-state index is 0.0656. The van der Waals surface area contributed by atoms with Crippen molar-refractivity contribution in [1.29, 1.82) is 0 Å². The Morgan fingerprint density at radius 1 is 1.21 bits per heavy atom. The molecule has 0 bridgehead atoms. The van der Waals surface area contributed by atoms with Crippen molar-refractivity contribution in [2.75, 3.05) is 31.1 Å². The van der Waals surface area contributed by atoms with Gasteiger partial charge < -0.3 is 14.9 Å². The molecule has 1 saturated heterocycles. The Kier molecular flexibility index (Phi) is 6.70. The maximum absolute atomic E-state index is 10.1. The van der Waals surface area contributed by atoms with Crippen LogP contribution in [0.3, 0.4) is 0 Å². The zero-order valence-corrected chi connectivity index (χ0v) is 17.6. The number of piperazine rings is 1. The number of hydrazone groups is 1. The van der Waals surface area contributed by atoms with E-state index in [1.165, 1.54) is 11.3 Å². The number of thiocarbonyl (C=S) groups is 1. The third-order valence-corrected chi connectivity index (χ3v) is 5.39. The van der Waals surface area contributed by atoms with Crippen LogP contribution >= 0.6 is 23.8 Å². The molecule has 1 aromatic heterocycles. The Balaban J connectivity index is 1.60. The molecule has 0 unspecified atom stereocenters. The largest absolute Gasteiger partial charge is 0.504 e. The molecule has 0 amide bonds. The molecular formula is C20H24ClN5OS. The quantitative estimate of drug-likeness (QED) is 0.450. The standard InChI is InChI=1S/C20H24ClN5OS/c1-3-17(18-19(27)16(21)8-9-22-18)23-24-20(28)26-12-10-25(11-13-26)15-6-4-14(2)5-7-15/h4-9,27H,3,10-13H2,1-2H3,(H,24,28)/b23-17-. The van der Waals surface area contributed by atoms with Gasteiger partial charge in [0.2, 0.25) is 0 Å². The predicted octanol–water partition coefficient (Wildman–Crippen LogP) is 3.56. The topological polar surface area (TPSA) is 64.0 Å². The van der Waals surface area contributed by atoms with Crippen molar-refractivity contribution in [3.8, 4) is 5.75 Å². The van der Waals surface area contributed by atoms with E-state index in [4.69, 9.17) is 23.8 Å². The Hall–Kier alpha value is -2.38. The summed E-state index contributed by atoms with van der Waals surface area (Å²) in [6.45, 7) is 7.45. The number of hydrogen-bond donors (Lipinski definition) is 2. The predicted molar refractivity (Wildman–Crippen MR) is 118 cm³/mol. The number of anilines is 1. The van der Waals surface area contributed by atoms with Gasteiger partial charge in [-0.3, -0.25) is 10.4 Å². The lowest BCUT2D eigenvalue weighted by atomic mass is 10.2. The molecular weight excluding hydrogens is 394 g/mol. The van der Waals surface area contributed by atoms with Crippen LogP contribution in [0.4, 0.5) is 5.69 Å². The summed E-state index contributed by atoms with van der Waals surface area (Å²) < 4.78 is 0. The molecule has 1 aliphatic heterocycles. The van der Waals surface area contributed by atoms with E-state index in [9.17, 15) is 5.11 Å². The van der Waals surface area contributed by atoms with Crippen LogP contribution in [0.1, 0.15) is 24.6 Å². The average Bonchev–Trinajstić information content (AvgIpc) is 2.72. The molecule has 0 atom stereocenters. The number of hydrogen-bond acceptors (Lipinski definition) is 5. The molecule has 0 aliphatic carbocycles. The summed E-state index contributed by atoms with van der Waals surface area (Å²) in [7, 11) is 0. The Morgan fingerprint density at radius 2 is 1.89 bits per heavy atom. The maximum Gasteiger partial charge on any atom is 0.189 e. The highest BCUT2D eigenvalue weighted by molar-refractivity contribution is 7.80. The third kappa shape index (κ3) is 4.72. The first-order valence-electron chi connectivity index (χ1n) is 9.26. The number of benzene rings is 1. The molecule has 28 heavy (non-hydrogen) atoms. The Morgan fingerprint density at radius 3 is 2.54 bits per heavy atom. The average molecular weight is 418 g/mol. The van der Waals surface area contributed by atoms with Gasteiger partial charge in [0, 0.05) is 38.1 Å². The van der Waals surface area contributed by atoms with Crippen molar-refractivity contribution < 1.29 is 5.11 Å². The van der Waals surface area contributed by atoms with E-state index >= 15 is 0 Å². The van der Waals surface area contributed by atoms with E-state index in [2.05, 4.69) is 56.5 Å². The van der Waals surface area contributed by atoms with Gasteiger partial charge >= 0.3 is 0 Å². The maximum atomic E-state index is 10.1. The van der Waals surface area contributed by atoms with Crippen molar-refractivity contribution in [2.45, 2.75) is 20.3 Å². The lowest BCUT2D eigenvalue weighted by Gasteiger charge is -2.37. The molecule has 1 aliphatic rings. The molecule has 6 nitrogen and oxygen atoms in total. The van der Waals surface area contributed by atoms with E-state index in [0.29, 0.717) is 22.9 Å². The highest BCUT2D eigenvalue weighted by atomic mass is 35.5. The molecule has 2 aromatic rings. The summed E-state index contributed by atoms with van der Waals surface area (Å²) >= 11 is 11.5. The molecule has 0 spiro atoms. The van der Waals surface area contributed by atoms with E-state index < -0.39 is 0 Å². The van der Waals surface area contributed by atoms with Gasteiger partial charge in [-0.25, -0.2) is 0 Å². The van der Waals surface area contributed by atoms with Crippen LogP contribution in [-0.4, -0.2) is 52.0 Å². The van der Waals surface area contributed by atoms with Gasteiger partial charge in [0.1, 0.15) is 5.69 Å². The lowest BCUT2D eigenvalue weighted by Crippen LogP contribution is -2.51. The van der Waals surface area contributed by atoms with Crippen molar-refractivity contribution in [3.63, 3.8) is 0 Å². The lowest BCUT2D eigenvalue weighted by molar-refractivity contribution is 0.381. The van der Waals surface area contributed by atoms with Gasteiger partial charge in [0.05, 0.1) is 10.7 Å². The van der Waals surface area contributed by atoms with Gasteiger partial charge in [-0.2, -0.15) is 5.10 Å². The van der Waals surface area contributed by atoms with E-state index in [0.717, 1.165) is 26.2 Å². The van der Waals surface area contributed by atoms with Crippen LogP contribution in [0.5, 0.6) is 5.75 Å². The number of nitrogens with one attached hydrogen (secondary N) is 1. The molecule has 8 heteroatoms. The number of aromatic hydroxyl groups is 1. The molecule has 3 rings (SSSR count). The van der Waals surface area contributed by atoms with Gasteiger partial charge in [-0.05, 0) is 43.8 Å². The van der Waals surface area contributed by atoms with Crippen LogP contribution < -0.4 is 10.3 Å². The molecule has 0 saturated carbocycles. The summed E-state index contributed by atoms with van der Waals surface area (Å²) in [5, 5.41) is 15.3. The second-order valence-corrected chi connectivity index (χ2v) is 7.42. The normalized spacial score (nSPS) is 14.9. The van der Waals surface area contributed by atoms with Gasteiger partial charge in [-0.15, -0.1) is 0 Å². The highest BCUT2D eigenvalue weighted by Gasteiger charge is 2.19. The summed E-state index contributed by atoms with van der Waals surface area (Å²) in [5.74, 6) is -0.0656. The summed E-state index contributed by atoms with van der Waals surface area (Å²) in [6.07, 6.45) is 2.13. The minimum Gasteiger partial charge on any atom is -0.504 e. The molecule has 1 fully saturated rings. The van der Waals surface area contributed by atoms with E-state index in [-0.39, 0.29) is 10.8 Å². The second kappa shape index (κ2) is 9.21. The summed E-state index contributed by atoms with van der Waals surface area (Å²) in [5.41, 5.74) is 6.41. The second-order valence-electron chi connectivity index (χ2n) is 6.63. The number of halogens is 1. The number of pyridine rings is 1. The Bertz CT molecular complexity index is 863. The SMILES string of the molecule is CC/C(=N/NC(=S)N1CCN(c2ccc(C)cc2)CC1)c1nccc(Cl)c1O. The smallest absolute Gasteiger partial charge is 0.189 e. The molecule has 1 aromatic carbocycles. The van der Waals surface area contributed by atoms with Crippen LogP contribution in [0.25, 0.3) is 0 Å². The van der Waals surface area contributed by atoms with E-state index in [1.54, 1.807) is 12.3 Å². The van der Waals surface area contributed by atoms with E-state index in [1.807, 2.05) is 6.92 Å². The van der Waals surface area contributed by atoms with Gasteiger partial charge in [0.15, 0.2) is 10.9 Å². The number of aryl methyl sites for hydroxylation is 1. The fourth-order valence-corrected chi connectivity index (χ4v) is 3.42. The van der Waals surface area contributed by atoms with Gasteiger partial charge in [-0.1, -0.05) is 36.2 Å². The fourth-order valence-electron chi connectivity index (χ4n) is 3.05. The van der Waals surface area contributed by atoms with Crippen molar-refractivity contribution in [3.05, 3.63) is 52.8 Å². The summed E-state index contributed by atoms with van der Waals surface area (Å²) in [6, 6.07) is 10.1. The van der Waals surface area contributed by atoms with Gasteiger partial charge in [0.25, 0.3) is 0 Å². The molecule has 2 heterocycles. The zero-order valence-electron chi connectivity index (χ0n) is 16.0. The Labute approximate surface area is 175 Å². The fraction of sp³-hybridized carbons (Fsp3) is 0.350. The molecule has 148 valence electrons. The number of rotatable bonds is 4. The van der Waals surface area contributed by atoms with Crippen LogP contribution in [0.2, 0.25) is 5.02 Å². The molecule has 2 N–H and O–H groups in total. The number of aromatic nitrogens is 1. The highest BCUT2D eigenvalue weighted by Crippen LogP contribution is 2.26. The van der Waals surface area contributed by atoms with Crippen LogP contribution in [-0.2, 0) is 0 Å². The van der Waals surface area contributed by atoms with Crippen LogP contribution in [0, 0.1) is 6.92 Å². The van der Waals surface area contributed by atoms with Crippen molar-refractivity contribution in [2.24, 2.45) is 5.10 Å². The summed E-state index contributed by atoms with van der Waals surface area (Å²) in [4.78, 5) is 8.64. The first-order valence-corrected chi connectivity index (χ1v) is 10.0. The van der Waals surface area contributed by atoms with Crippen molar-refractivity contribution >= 4 is 40.3 Å². The monoisotopic (exact) mass is 417 g/mol. The minimum atomic E-state index is -0.0656. The van der Waals surface area contributed by atoms with Crippen molar-refractivity contribution in [1.82, 2.24) is 15.3 Å². The molecule has 0 radical (unpaired) electrons. The van der Waals surface area contributed by atoms with Crippen LogP contribution in [0.15, 0.2) is 41.6 Å². The third-order valence-electron chi connectivity index (χ3n) is 4.74. The zero-order chi connectivity index (χ0) is 20.1. The number of nitrogens with zero attached hydrogens (tertiary/aromatic N) is 4. The first kappa shape index (κ1) is 20.4. The first-order chi connectivity index (χ1) is 13.5.